The van der Waals surface area contributed by atoms with Crippen molar-refractivity contribution in [2.45, 2.75) is 38.5 Å². The summed E-state index contributed by atoms with van der Waals surface area (Å²) in [6.07, 6.45) is 8.80. The summed E-state index contributed by atoms with van der Waals surface area (Å²) in [5, 5.41) is 8.76. The number of hydrogen-bond donors (Lipinski definition) is 1. The molecule has 3 aromatic heterocycles. The van der Waals surface area contributed by atoms with Crippen LogP contribution in [0.5, 0.6) is 0 Å². The van der Waals surface area contributed by atoms with Gasteiger partial charge in [-0.3, -0.25) is 4.40 Å². The molecule has 19 heavy (non-hydrogen) atoms. The Kier molecular flexibility index (Phi) is 2.33. The zero-order valence-electron chi connectivity index (χ0n) is 11.0. The number of rotatable bonds is 2. The van der Waals surface area contributed by atoms with E-state index in [0.717, 1.165) is 28.6 Å². The number of nitrogens with zero attached hydrogens (tertiary/aromatic N) is 4. The Morgan fingerprint density at radius 3 is 3.21 bits per heavy atom. The van der Waals surface area contributed by atoms with Gasteiger partial charge >= 0.3 is 0 Å². The standard InChI is InChI=1S/C14H17N5/c1-2-9-4-3-5-10(9)14-18-17-12-8-16-13-11(19(12)14)6-7-15-13/h6-10,15H,2-5H2,1H3. The lowest BCUT2D eigenvalue weighted by atomic mass is 9.93. The molecule has 2 atom stereocenters. The molecule has 4 rings (SSSR count). The Balaban J connectivity index is 1.96. The molecular weight excluding hydrogens is 238 g/mol. The highest BCUT2D eigenvalue weighted by atomic mass is 15.3. The maximum absolute atomic E-state index is 4.46. The first-order valence-corrected chi connectivity index (χ1v) is 7.05. The zero-order chi connectivity index (χ0) is 12.8. The molecule has 0 saturated heterocycles. The molecule has 5 nitrogen and oxygen atoms in total. The maximum atomic E-state index is 4.46. The van der Waals surface area contributed by atoms with Crippen molar-refractivity contribution in [2.75, 3.05) is 0 Å². The number of aromatic nitrogens is 5. The topological polar surface area (TPSA) is 58.9 Å². The minimum atomic E-state index is 0.542. The van der Waals surface area contributed by atoms with E-state index in [0.29, 0.717) is 5.92 Å². The van der Waals surface area contributed by atoms with Gasteiger partial charge in [-0.05, 0) is 24.8 Å². The van der Waals surface area contributed by atoms with Crippen LogP contribution in [0.15, 0.2) is 18.5 Å². The van der Waals surface area contributed by atoms with Gasteiger partial charge < -0.3 is 4.98 Å². The van der Waals surface area contributed by atoms with E-state index in [-0.39, 0.29) is 0 Å². The van der Waals surface area contributed by atoms with Gasteiger partial charge in [0.2, 0.25) is 0 Å². The van der Waals surface area contributed by atoms with Crippen LogP contribution in [0.1, 0.15) is 44.3 Å². The molecule has 5 heteroatoms. The van der Waals surface area contributed by atoms with E-state index < -0.39 is 0 Å². The van der Waals surface area contributed by atoms with E-state index in [9.17, 15) is 0 Å². The van der Waals surface area contributed by atoms with Gasteiger partial charge in [-0.25, -0.2) is 4.98 Å². The third-order valence-electron chi connectivity index (χ3n) is 4.48. The minimum Gasteiger partial charge on any atom is -0.345 e. The summed E-state index contributed by atoms with van der Waals surface area (Å²) in [6, 6.07) is 2.05. The molecule has 1 fully saturated rings. The van der Waals surface area contributed by atoms with E-state index in [1.165, 1.54) is 25.7 Å². The highest BCUT2D eigenvalue weighted by Crippen LogP contribution is 2.40. The molecule has 0 radical (unpaired) electrons. The predicted octanol–water partition coefficient (Wildman–Crippen LogP) is 2.90. The fourth-order valence-electron chi connectivity index (χ4n) is 3.50. The average Bonchev–Trinajstić information content (AvgIpc) is 3.15. The van der Waals surface area contributed by atoms with Crippen LogP contribution in [0.3, 0.4) is 0 Å². The van der Waals surface area contributed by atoms with Gasteiger partial charge in [0.25, 0.3) is 0 Å². The Labute approximate surface area is 111 Å². The maximum Gasteiger partial charge on any atom is 0.179 e. The molecule has 0 spiro atoms. The monoisotopic (exact) mass is 255 g/mol. The second-order valence-corrected chi connectivity index (χ2v) is 5.43. The predicted molar refractivity (Wildman–Crippen MR) is 73.0 cm³/mol. The molecule has 3 heterocycles. The fraction of sp³-hybridized carbons (Fsp3) is 0.500. The first-order valence-electron chi connectivity index (χ1n) is 7.05. The Bertz CT molecular complexity index is 726. The van der Waals surface area contributed by atoms with Crippen molar-refractivity contribution in [3.05, 3.63) is 24.3 Å². The fourth-order valence-corrected chi connectivity index (χ4v) is 3.50. The number of H-pyrrole nitrogens is 1. The molecule has 0 aliphatic heterocycles. The number of hydrogen-bond acceptors (Lipinski definition) is 3. The molecule has 1 saturated carbocycles. The van der Waals surface area contributed by atoms with Gasteiger partial charge in [0.05, 0.1) is 11.7 Å². The van der Waals surface area contributed by atoms with Gasteiger partial charge in [-0.1, -0.05) is 19.8 Å². The van der Waals surface area contributed by atoms with Crippen molar-refractivity contribution in [1.82, 2.24) is 24.6 Å². The molecule has 0 bridgehead atoms. The smallest absolute Gasteiger partial charge is 0.179 e. The van der Waals surface area contributed by atoms with Crippen molar-refractivity contribution in [2.24, 2.45) is 5.92 Å². The molecule has 1 aliphatic rings. The van der Waals surface area contributed by atoms with Gasteiger partial charge in [0.1, 0.15) is 5.82 Å². The third-order valence-corrected chi connectivity index (χ3v) is 4.48. The highest BCUT2D eigenvalue weighted by molar-refractivity contribution is 5.74. The largest absolute Gasteiger partial charge is 0.345 e. The van der Waals surface area contributed by atoms with Crippen LogP contribution in [-0.4, -0.2) is 24.6 Å². The van der Waals surface area contributed by atoms with Crippen LogP contribution < -0.4 is 0 Å². The number of fused-ring (bicyclic) bond motifs is 3. The average molecular weight is 255 g/mol. The molecule has 0 aromatic carbocycles. The lowest BCUT2D eigenvalue weighted by Gasteiger charge is -2.16. The molecule has 1 N–H and O–H groups in total. The Morgan fingerprint density at radius 1 is 1.37 bits per heavy atom. The van der Waals surface area contributed by atoms with Gasteiger partial charge in [0, 0.05) is 12.1 Å². The molecule has 2 unspecified atom stereocenters. The summed E-state index contributed by atoms with van der Waals surface area (Å²) in [4.78, 5) is 7.53. The lowest BCUT2D eigenvalue weighted by Crippen LogP contribution is -2.09. The second-order valence-electron chi connectivity index (χ2n) is 5.43. The summed E-state index contributed by atoms with van der Waals surface area (Å²) >= 11 is 0. The van der Waals surface area contributed by atoms with Crippen LogP contribution in [0.2, 0.25) is 0 Å². The summed E-state index contributed by atoms with van der Waals surface area (Å²) in [7, 11) is 0. The van der Waals surface area contributed by atoms with E-state index in [1.807, 2.05) is 6.20 Å². The van der Waals surface area contributed by atoms with Crippen LogP contribution in [-0.2, 0) is 0 Å². The first kappa shape index (κ1) is 11.0. The molecular formula is C14H17N5. The SMILES string of the molecule is CCC1CCCC1c1nnc2cnc3[nH]ccc3n12. The molecule has 0 amide bonds. The van der Waals surface area contributed by atoms with Crippen LogP contribution in [0, 0.1) is 5.92 Å². The van der Waals surface area contributed by atoms with Crippen molar-refractivity contribution in [1.29, 1.82) is 0 Å². The Hall–Kier alpha value is -1.91. The number of nitrogens with one attached hydrogen (secondary N) is 1. The quantitative estimate of drug-likeness (QED) is 0.766. The second kappa shape index (κ2) is 4.05. The summed E-state index contributed by atoms with van der Waals surface area (Å²) in [5.74, 6) is 2.40. The van der Waals surface area contributed by atoms with Crippen LogP contribution in [0.4, 0.5) is 0 Å². The first-order chi connectivity index (χ1) is 9.38. The van der Waals surface area contributed by atoms with Crippen molar-refractivity contribution >= 4 is 16.8 Å². The normalized spacial score (nSPS) is 23.6. The lowest BCUT2D eigenvalue weighted by molar-refractivity contribution is 0.451. The van der Waals surface area contributed by atoms with Crippen molar-refractivity contribution in [3.63, 3.8) is 0 Å². The molecule has 1 aliphatic carbocycles. The number of aromatic amines is 1. The van der Waals surface area contributed by atoms with E-state index >= 15 is 0 Å². The summed E-state index contributed by atoms with van der Waals surface area (Å²) < 4.78 is 2.18. The van der Waals surface area contributed by atoms with Crippen molar-refractivity contribution in [3.8, 4) is 0 Å². The van der Waals surface area contributed by atoms with E-state index in [2.05, 4.69) is 37.6 Å². The zero-order valence-corrected chi connectivity index (χ0v) is 11.0. The third kappa shape index (κ3) is 1.50. The van der Waals surface area contributed by atoms with Crippen LogP contribution >= 0.6 is 0 Å². The van der Waals surface area contributed by atoms with Crippen molar-refractivity contribution < 1.29 is 0 Å². The van der Waals surface area contributed by atoms with Gasteiger partial charge in [0.15, 0.2) is 11.3 Å². The Morgan fingerprint density at radius 2 is 2.32 bits per heavy atom. The minimum absolute atomic E-state index is 0.542. The van der Waals surface area contributed by atoms with Crippen LogP contribution in [0.25, 0.3) is 16.8 Å². The van der Waals surface area contributed by atoms with E-state index in [4.69, 9.17) is 0 Å². The summed E-state index contributed by atoms with van der Waals surface area (Å²) in [6.45, 7) is 2.28. The summed E-state index contributed by atoms with van der Waals surface area (Å²) in [5.41, 5.74) is 2.84. The highest BCUT2D eigenvalue weighted by Gasteiger charge is 2.31. The van der Waals surface area contributed by atoms with Gasteiger partial charge in [-0.15, -0.1) is 10.2 Å². The van der Waals surface area contributed by atoms with E-state index in [1.54, 1.807) is 6.20 Å². The van der Waals surface area contributed by atoms with Gasteiger partial charge in [-0.2, -0.15) is 0 Å². The molecule has 3 aromatic rings. The molecule has 98 valence electrons.